The van der Waals surface area contributed by atoms with Crippen LogP contribution < -0.4 is 5.73 Å². The molecule has 0 saturated carbocycles. The summed E-state index contributed by atoms with van der Waals surface area (Å²) in [6.45, 7) is 2.67. The summed E-state index contributed by atoms with van der Waals surface area (Å²) in [7, 11) is 0. The molecule has 0 fully saturated rings. The number of pyridine rings is 1. The van der Waals surface area contributed by atoms with Crippen LogP contribution in [0, 0.1) is 0 Å². The first-order chi connectivity index (χ1) is 10.6. The standard InChI is InChI=1S/C18H19N3O/c1-12(13-5-3-2-4-6-13)7-16(22)9-15-8-14-10-21-18(19)17(14)11-20-15/h2-6,8,11-12H,7,9-10H2,1H3,(H2,19,21)/t12-/m0/s1. The molecule has 1 aromatic carbocycles. The molecule has 22 heavy (non-hydrogen) atoms. The average molecular weight is 293 g/mol. The third-order valence-corrected chi connectivity index (χ3v) is 4.02. The van der Waals surface area contributed by atoms with Crippen molar-refractivity contribution in [3.8, 4) is 0 Å². The van der Waals surface area contributed by atoms with E-state index in [9.17, 15) is 4.79 Å². The zero-order chi connectivity index (χ0) is 15.5. The van der Waals surface area contributed by atoms with Gasteiger partial charge in [0.25, 0.3) is 0 Å². The number of hydrogen-bond donors (Lipinski definition) is 1. The summed E-state index contributed by atoms with van der Waals surface area (Å²) in [4.78, 5) is 20.8. The summed E-state index contributed by atoms with van der Waals surface area (Å²) in [5, 5.41) is 0. The molecule has 2 aromatic rings. The molecule has 0 amide bonds. The minimum atomic E-state index is 0.204. The summed E-state index contributed by atoms with van der Waals surface area (Å²) in [6.07, 6.45) is 2.62. The molecule has 1 aliphatic heterocycles. The van der Waals surface area contributed by atoms with E-state index in [0.29, 0.717) is 25.2 Å². The molecule has 112 valence electrons. The Morgan fingerprint density at radius 1 is 1.32 bits per heavy atom. The molecule has 1 aliphatic rings. The minimum absolute atomic E-state index is 0.204. The van der Waals surface area contributed by atoms with E-state index in [1.54, 1.807) is 6.20 Å². The van der Waals surface area contributed by atoms with E-state index in [-0.39, 0.29) is 11.7 Å². The van der Waals surface area contributed by atoms with E-state index in [1.165, 1.54) is 5.56 Å². The molecule has 2 heterocycles. The highest BCUT2D eigenvalue weighted by molar-refractivity contribution is 6.00. The number of carbonyl (C=O) groups is 1. The highest BCUT2D eigenvalue weighted by atomic mass is 16.1. The van der Waals surface area contributed by atoms with Crippen molar-refractivity contribution in [2.75, 3.05) is 0 Å². The monoisotopic (exact) mass is 293 g/mol. The number of carbonyl (C=O) groups excluding carboxylic acids is 1. The molecule has 1 atom stereocenters. The summed E-state index contributed by atoms with van der Waals surface area (Å²) in [5.41, 5.74) is 9.72. The van der Waals surface area contributed by atoms with Crippen LogP contribution in [0.5, 0.6) is 0 Å². The van der Waals surface area contributed by atoms with Gasteiger partial charge in [-0.25, -0.2) is 0 Å². The number of aromatic nitrogens is 1. The molecule has 2 N–H and O–H groups in total. The number of nitrogens with zero attached hydrogens (tertiary/aromatic N) is 2. The summed E-state index contributed by atoms with van der Waals surface area (Å²) < 4.78 is 0. The van der Waals surface area contributed by atoms with Crippen LogP contribution in [0.2, 0.25) is 0 Å². The van der Waals surface area contributed by atoms with Crippen molar-refractivity contribution < 1.29 is 4.79 Å². The molecule has 0 spiro atoms. The van der Waals surface area contributed by atoms with Crippen LogP contribution in [-0.2, 0) is 17.8 Å². The quantitative estimate of drug-likeness (QED) is 0.921. The molecule has 1 aromatic heterocycles. The fraction of sp³-hybridized carbons (Fsp3) is 0.278. The maximum absolute atomic E-state index is 12.3. The zero-order valence-electron chi connectivity index (χ0n) is 12.6. The fourth-order valence-electron chi connectivity index (χ4n) is 2.78. The normalized spacial score (nSPS) is 14.3. The largest absolute Gasteiger partial charge is 0.383 e. The SMILES string of the molecule is C[C@@H](CC(=O)Cc1cc2c(cn1)C(N)=NC2)c1ccccc1. The van der Waals surface area contributed by atoms with Crippen molar-refractivity contribution in [2.45, 2.75) is 32.2 Å². The van der Waals surface area contributed by atoms with Gasteiger partial charge in [0.05, 0.1) is 6.54 Å². The highest BCUT2D eigenvalue weighted by Crippen LogP contribution is 2.21. The van der Waals surface area contributed by atoms with Crippen LogP contribution >= 0.6 is 0 Å². The van der Waals surface area contributed by atoms with Crippen LogP contribution in [-0.4, -0.2) is 16.6 Å². The van der Waals surface area contributed by atoms with Gasteiger partial charge >= 0.3 is 0 Å². The van der Waals surface area contributed by atoms with Gasteiger partial charge < -0.3 is 5.73 Å². The lowest BCUT2D eigenvalue weighted by molar-refractivity contribution is -0.118. The maximum atomic E-state index is 12.3. The first-order valence-electron chi connectivity index (χ1n) is 7.48. The number of benzene rings is 1. The number of ketones is 1. The molecule has 0 bridgehead atoms. The smallest absolute Gasteiger partial charge is 0.139 e. The number of Topliss-reactive ketones (excluding diaryl/α,β-unsaturated/α-hetero) is 1. The van der Waals surface area contributed by atoms with Crippen LogP contribution in [0.1, 0.15) is 41.6 Å². The number of rotatable bonds is 5. The van der Waals surface area contributed by atoms with Crippen LogP contribution in [0.25, 0.3) is 0 Å². The van der Waals surface area contributed by atoms with Gasteiger partial charge in [0.15, 0.2) is 0 Å². The molecule has 4 nitrogen and oxygen atoms in total. The third-order valence-electron chi connectivity index (χ3n) is 4.02. The molecule has 0 unspecified atom stereocenters. The maximum Gasteiger partial charge on any atom is 0.139 e. The van der Waals surface area contributed by atoms with Gasteiger partial charge in [-0.15, -0.1) is 0 Å². The lowest BCUT2D eigenvalue weighted by Crippen LogP contribution is -2.12. The van der Waals surface area contributed by atoms with Crippen molar-refractivity contribution in [1.82, 2.24) is 4.98 Å². The average Bonchev–Trinajstić information content (AvgIpc) is 2.89. The summed E-state index contributed by atoms with van der Waals surface area (Å²) in [5.74, 6) is 0.968. The Hall–Kier alpha value is -2.49. The molecule has 0 saturated heterocycles. The van der Waals surface area contributed by atoms with E-state index >= 15 is 0 Å². The van der Waals surface area contributed by atoms with Gasteiger partial charge in [-0.2, -0.15) is 0 Å². The van der Waals surface area contributed by atoms with E-state index in [2.05, 4.69) is 29.0 Å². The number of amidine groups is 1. The van der Waals surface area contributed by atoms with Gasteiger partial charge in [0, 0.05) is 30.3 Å². The minimum Gasteiger partial charge on any atom is -0.383 e. The number of aliphatic imine (C=N–C) groups is 1. The first-order valence-corrected chi connectivity index (χ1v) is 7.48. The Labute approximate surface area is 130 Å². The van der Waals surface area contributed by atoms with E-state index in [1.807, 2.05) is 24.3 Å². The van der Waals surface area contributed by atoms with Crippen molar-refractivity contribution in [1.29, 1.82) is 0 Å². The van der Waals surface area contributed by atoms with Crippen molar-refractivity contribution in [3.63, 3.8) is 0 Å². The van der Waals surface area contributed by atoms with Crippen LogP contribution in [0.15, 0.2) is 47.6 Å². The van der Waals surface area contributed by atoms with Gasteiger partial charge in [-0.3, -0.25) is 14.8 Å². The van der Waals surface area contributed by atoms with E-state index < -0.39 is 0 Å². The lowest BCUT2D eigenvalue weighted by Gasteiger charge is -2.11. The molecule has 3 rings (SSSR count). The molecule has 0 aliphatic carbocycles. The van der Waals surface area contributed by atoms with Crippen molar-refractivity contribution in [2.24, 2.45) is 10.7 Å². The summed E-state index contributed by atoms with van der Waals surface area (Å²) >= 11 is 0. The Bertz CT molecular complexity index is 722. The zero-order valence-corrected chi connectivity index (χ0v) is 12.6. The number of hydrogen-bond acceptors (Lipinski definition) is 4. The van der Waals surface area contributed by atoms with Gasteiger partial charge in [0.1, 0.15) is 11.6 Å². The van der Waals surface area contributed by atoms with E-state index in [0.717, 1.165) is 16.8 Å². The predicted molar refractivity (Wildman–Crippen MR) is 86.9 cm³/mol. The fourth-order valence-corrected chi connectivity index (χ4v) is 2.78. The van der Waals surface area contributed by atoms with Crippen LogP contribution in [0.3, 0.4) is 0 Å². The van der Waals surface area contributed by atoms with Crippen LogP contribution in [0.4, 0.5) is 0 Å². The second-order valence-electron chi connectivity index (χ2n) is 5.77. The van der Waals surface area contributed by atoms with Gasteiger partial charge in [-0.1, -0.05) is 37.3 Å². The molecular weight excluding hydrogens is 274 g/mol. The number of nitrogens with two attached hydrogens (primary N) is 1. The van der Waals surface area contributed by atoms with Gasteiger partial charge in [0.2, 0.25) is 0 Å². The molecular formula is C18H19N3O. The van der Waals surface area contributed by atoms with Crippen molar-refractivity contribution >= 4 is 11.6 Å². The van der Waals surface area contributed by atoms with E-state index in [4.69, 9.17) is 5.73 Å². The van der Waals surface area contributed by atoms with Crippen molar-refractivity contribution in [3.05, 3.63) is 65.0 Å². The molecule has 4 heteroatoms. The highest BCUT2D eigenvalue weighted by Gasteiger charge is 2.16. The number of fused-ring (bicyclic) bond motifs is 1. The Kier molecular flexibility index (Phi) is 4.00. The second kappa shape index (κ2) is 6.10. The Morgan fingerprint density at radius 2 is 2.09 bits per heavy atom. The third kappa shape index (κ3) is 3.06. The second-order valence-corrected chi connectivity index (χ2v) is 5.77. The first kappa shape index (κ1) is 14.4. The summed E-state index contributed by atoms with van der Waals surface area (Å²) in [6, 6.07) is 12.1. The lowest BCUT2D eigenvalue weighted by atomic mass is 9.94. The Balaban J connectivity index is 1.63. The Morgan fingerprint density at radius 3 is 2.86 bits per heavy atom. The van der Waals surface area contributed by atoms with Gasteiger partial charge in [-0.05, 0) is 23.1 Å². The molecule has 0 radical (unpaired) electrons. The topological polar surface area (TPSA) is 68.3 Å². The predicted octanol–water partition coefficient (Wildman–Crippen LogP) is 2.61.